The van der Waals surface area contributed by atoms with Crippen molar-refractivity contribution in [3.63, 3.8) is 0 Å². The maximum Gasteiger partial charge on any atom is 0.254 e. The van der Waals surface area contributed by atoms with Crippen molar-refractivity contribution in [1.82, 2.24) is 20.1 Å². The Balaban J connectivity index is 0.977. The van der Waals surface area contributed by atoms with Crippen molar-refractivity contribution in [2.24, 2.45) is 0 Å². The number of nitrogens with one attached hydrogen (secondary N) is 1. The van der Waals surface area contributed by atoms with E-state index in [1.807, 2.05) is 41.3 Å². The van der Waals surface area contributed by atoms with E-state index in [2.05, 4.69) is 20.1 Å². The topological polar surface area (TPSA) is 70.2 Å². The van der Waals surface area contributed by atoms with E-state index in [0.29, 0.717) is 31.8 Å². The summed E-state index contributed by atoms with van der Waals surface area (Å²) in [5.74, 6) is 1.48. The number of carbonyl (C=O) groups excluding carboxylic acids is 1. The van der Waals surface area contributed by atoms with Crippen molar-refractivity contribution >= 4 is 22.6 Å². The van der Waals surface area contributed by atoms with Gasteiger partial charge in [0.05, 0.1) is 13.2 Å². The van der Waals surface area contributed by atoms with Crippen LogP contribution in [0.2, 0.25) is 0 Å². The van der Waals surface area contributed by atoms with Gasteiger partial charge in [-0.15, -0.1) is 0 Å². The average Bonchev–Trinajstić information content (AvgIpc) is 3.56. The molecule has 210 valence electrons. The standard InChI is InChI=1S/C31H36FN5O3/c32-28-15-21(14-22-3-6-29(34-30(22)28)36-10-12-39-13-11-36)18-35-9-7-26(20-35)40-25-4-5-27-23(16-25)19-37(31(27)38)24-2-1-8-33-17-24/h3-6,14-16,24,26,33H,1-2,7-13,17-20H2/t24-,26-/m0/s1. The zero-order valence-corrected chi connectivity index (χ0v) is 22.8. The first-order valence-electron chi connectivity index (χ1n) is 14.6. The van der Waals surface area contributed by atoms with Gasteiger partial charge < -0.3 is 24.6 Å². The molecule has 1 N–H and O–H groups in total. The van der Waals surface area contributed by atoms with Crippen molar-refractivity contribution in [3.05, 3.63) is 65.0 Å². The number of halogens is 1. The number of nitrogens with zero attached hydrogens (tertiary/aromatic N) is 4. The smallest absolute Gasteiger partial charge is 0.254 e. The first-order chi connectivity index (χ1) is 19.6. The first kappa shape index (κ1) is 25.7. The second kappa shape index (κ2) is 11.0. The van der Waals surface area contributed by atoms with Gasteiger partial charge in [-0.05, 0) is 79.4 Å². The number of ether oxygens (including phenoxy) is 2. The van der Waals surface area contributed by atoms with E-state index in [0.717, 1.165) is 92.2 Å². The van der Waals surface area contributed by atoms with Gasteiger partial charge in [-0.25, -0.2) is 9.37 Å². The molecular weight excluding hydrogens is 509 g/mol. The fourth-order valence-electron chi connectivity index (χ4n) is 6.57. The Morgan fingerprint density at radius 1 is 1.07 bits per heavy atom. The third kappa shape index (κ3) is 5.13. The Morgan fingerprint density at radius 3 is 2.83 bits per heavy atom. The number of anilines is 1. The second-order valence-corrected chi connectivity index (χ2v) is 11.4. The molecule has 0 unspecified atom stereocenters. The van der Waals surface area contributed by atoms with Crippen LogP contribution in [0.5, 0.6) is 5.75 Å². The van der Waals surface area contributed by atoms with E-state index in [1.54, 1.807) is 6.07 Å². The molecule has 5 heterocycles. The van der Waals surface area contributed by atoms with Crippen molar-refractivity contribution in [3.8, 4) is 5.75 Å². The first-order valence-corrected chi connectivity index (χ1v) is 14.6. The van der Waals surface area contributed by atoms with Crippen LogP contribution in [0, 0.1) is 5.82 Å². The number of hydrogen-bond donors (Lipinski definition) is 1. The zero-order chi connectivity index (χ0) is 27.1. The number of aromatic nitrogens is 1. The summed E-state index contributed by atoms with van der Waals surface area (Å²) in [5.41, 5.74) is 3.22. The lowest BCUT2D eigenvalue weighted by atomic mass is 10.1. The number of piperidine rings is 1. The van der Waals surface area contributed by atoms with Crippen LogP contribution in [0.1, 0.15) is 40.7 Å². The number of likely N-dealkylation sites (tertiary alicyclic amines) is 1. The number of fused-ring (bicyclic) bond motifs is 2. The summed E-state index contributed by atoms with van der Waals surface area (Å²) < 4.78 is 26.9. The van der Waals surface area contributed by atoms with Crippen LogP contribution in [-0.4, -0.2) is 85.3 Å². The van der Waals surface area contributed by atoms with E-state index in [9.17, 15) is 4.79 Å². The summed E-state index contributed by atoms with van der Waals surface area (Å²) >= 11 is 0. The molecule has 9 heteroatoms. The fourth-order valence-corrected chi connectivity index (χ4v) is 6.57. The summed E-state index contributed by atoms with van der Waals surface area (Å²) in [5, 5.41) is 4.24. The molecule has 1 amide bonds. The van der Waals surface area contributed by atoms with Gasteiger partial charge in [0.1, 0.15) is 29.0 Å². The molecule has 2 atom stereocenters. The SMILES string of the molecule is O=C1c2ccc(O[C@H]3CCN(Cc4cc(F)c5nc(N6CCOCC6)ccc5c4)C3)cc2CN1[C@H]1CCCNC1. The molecule has 4 aliphatic heterocycles. The monoisotopic (exact) mass is 545 g/mol. The summed E-state index contributed by atoms with van der Waals surface area (Å²) in [4.78, 5) is 24.1. The Hall–Kier alpha value is -3.27. The quantitative estimate of drug-likeness (QED) is 0.508. The summed E-state index contributed by atoms with van der Waals surface area (Å²) in [6.45, 7) is 7.79. The average molecular weight is 546 g/mol. The molecule has 0 aliphatic carbocycles. The van der Waals surface area contributed by atoms with Crippen LogP contribution in [0.15, 0.2) is 42.5 Å². The number of hydrogen-bond acceptors (Lipinski definition) is 7. The van der Waals surface area contributed by atoms with Gasteiger partial charge in [0.25, 0.3) is 5.91 Å². The summed E-state index contributed by atoms with van der Waals surface area (Å²) in [6.07, 6.45) is 3.14. The molecule has 7 rings (SSSR count). The van der Waals surface area contributed by atoms with Gasteiger partial charge in [0.15, 0.2) is 0 Å². The molecule has 3 fully saturated rings. The fraction of sp³-hybridized carbons (Fsp3) is 0.484. The molecule has 4 aliphatic rings. The second-order valence-electron chi connectivity index (χ2n) is 11.4. The third-order valence-corrected chi connectivity index (χ3v) is 8.68. The minimum atomic E-state index is -0.277. The van der Waals surface area contributed by atoms with E-state index < -0.39 is 0 Å². The Kier molecular flexibility index (Phi) is 7.03. The zero-order valence-electron chi connectivity index (χ0n) is 22.8. The van der Waals surface area contributed by atoms with Crippen molar-refractivity contribution < 1.29 is 18.7 Å². The predicted octanol–water partition coefficient (Wildman–Crippen LogP) is 3.57. The molecule has 40 heavy (non-hydrogen) atoms. The summed E-state index contributed by atoms with van der Waals surface area (Å²) in [7, 11) is 0. The highest BCUT2D eigenvalue weighted by atomic mass is 19.1. The number of pyridine rings is 1. The van der Waals surface area contributed by atoms with Gasteiger partial charge in [-0.1, -0.05) is 0 Å². The molecule has 0 bridgehead atoms. The minimum Gasteiger partial charge on any atom is -0.489 e. The van der Waals surface area contributed by atoms with Crippen molar-refractivity contribution in [2.75, 3.05) is 57.4 Å². The highest BCUT2D eigenvalue weighted by Crippen LogP contribution is 2.31. The maximum atomic E-state index is 15.1. The Bertz CT molecular complexity index is 1410. The van der Waals surface area contributed by atoms with Crippen LogP contribution in [0.3, 0.4) is 0 Å². The Morgan fingerprint density at radius 2 is 1.98 bits per heavy atom. The van der Waals surface area contributed by atoms with Gasteiger partial charge in [-0.3, -0.25) is 9.69 Å². The largest absolute Gasteiger partial charge is 0.489 e. The molecular formula is C31H36FN5O3. The van der Waals surface area contributed by atoms with Crippen LogP contribution in [0.4, 0.5) is 10.2 Å². The van der Waals surface area contributed by atoms with Gasteiger partial charge in [0.2, 0.25) is 0 Å². The molecule has 0 spiro atoms. The Labute approximate surface area is 234 Å². The van der Waals surface area contributed by atoms with Gasteiger partial charge in [0, 0.05) is 62.8 Å². The van der Waals surface area contributed by atoms with Gasteiger partial charge >= 0.3 is 0 Å². The number of carbonyl (C=O) groups is 1. The van der Waals surface area contributed by atoms with Crippen LogP contribution < -0.4 is 15.0 Å². The van der Waals surface area contributed by atoms with E-state index in [-0.39, 0.29) is 23.9 Å². The predicted molar refractivity (Wildman–Crippen MR) is 151 cm³/mol. The molecule has 0 saturated carbocycles. The lowest BCUT2D eigenvalue weighted by Crippen LogP contribution is -2.46. The number of benzene rings is 2. The van der Waals surface area contributed by atoms with E-state index in [1.165, 1.54) is 0 Å². The normalized spacial score (nSPS) is 23.7. The molecule has 3 aromatic rings. The maximum absolute atomic E-state index is 15.1. The van der Waals surface area contributed by atoms with Crippen molar-refractivity contribution in [2.45, 2.75) is 44.5 Å². The van der Waals surface area contributed by atoms with Crippen LogP contribution in [0.25, 0.3) is 10.9 Å². The molecule has 0 radical (unpaired) electrons. The third-order valence-electron chi connectivity index (χ3n) is 8.68. The van der Waals surface area contributed by atoms with Crippen molar-refractivity contribution in [1.29, 1.82) is 0 Å². The number of amides is 1. The highest BCUT2D eigenvalue weighted by molar-refractivity contribution is 5.98. The van der Waals surface area contributed by atoms with Gasteiger partial charge in [-0.2, -0.15) is 0 Å². The molecule has 8 nitrogen and oxygen atoms in total. The van der Waals surface area contributed by atoms with Crippen LogP contribution >= 0.6 is 0 Å². The molecule has 1 aromatic heterocycles. The molecule has 3 saturated heterocycles. The van der Waals surface area contributed by atoms with Crippen LogP contribution in [-0.2, 0) is 17.8 Å². The number of rotatable bonds is 6. The van der Waals surface area contributed by atoms with E-state index >= 15 is 4.39 Å². The molecule has 2 aromatic carbocycles. The minimum absolute atomic E-state index is 0.0665. The van der Waals surface area contributed by atoms with E-state index in [4.69, 9.17) is 9.47 Å². The summed E-state index contributed by atoms with van der Waals surface area (Å²) in [6, 6.07) is 13.8. The lowest BCUT2D eigenvalue weighted by molar-refractivity contribution is 0.0674. The lowest BCUT2D eigenvalue weighted by Gasteiger charge is -2.31. The number of morpholine rings is 1. The highest BCUT2D eigenvalue weighted by Gasteiger charge is 2.34.